The SMILES string of the molecule is CCC(N)CC(=O)N(CC(N)=O)Cc1ccc(Br)cc1. The van der Waals surface area contributed by atoms with Gasteiger partial charge in [0.2, 0.25) is 11.8 Å². The molecule has 0 aromatic heterocycles. The Balaban J connectivity index is 2.75. The molecule has 1 unspecified atom stereocenters. The van der Waals surface area contributed by atoms with Gasteiger partial charge in [0.25, 0.3) is 0 Å². The summed E-state index contributed by atoms with van der Waals surface area (Å²) in [5, 5.41) is 0. The van der Waals surface area contributed by atoms with E-state index in [0.29, 0.717) is 13.0 Å². The molecule has 0 fully saturated rings. The normalized spacial score (nSPS) is 11.9. The lowest BCUT2D eigenvalue weighted by molar-refractivity contribution is -0.136. The predicted molar refractivity (Wildman–Crippen MR) is 81.6 cm³/mol. The van der Waals surface area contributed by atoms with Crippen molar-refractivity contribution >= 4 is 27.7 Å². The zero-order valence-corrected chi connectivity index (χ0v) is 13.1. The summed E-state index contributed by atoms with van der Waals surface area (Å²) in [5.41, 5.74) is 11.9. The first kappa shape index (κ1) is 16.7. The van der Waals surface area contributed by atoms with Crippen LogP contribution in [0.3, 0.4) is 0 Å². The molecule has 0 saturated heterocycles. The maximum absolute atomic E-state index is 12.1. The Labute approximate surface area is 127 Å². The maximum Gasteiger partial charge on any atom is 0.237 e. The Morgan fingerprint density at radius 3 is 2.40 bits per heavy atom. The fraction of sp³-hybridized carbons (Fsp3) is 0.429. The van der Waals surface area contributed by atoms with Crippen LogP contribution in [0.1, 0.15) is 25.3 Å². The highest BCUT2D eigenvalue weighted by atomic mass is 79.9. The van der Waals surface area contributed by atoms with Gasteiger partial charge in [-0.2, -0.15) is 0 Å². The highest BCUT2D eigenvalue weighted by Crippen LogP contribution is 2.13. The molecule has 1 aromatic rings. The molecule has 1 rings (SSSR count). The van der Waals surface area contributed by atoms with Crippen LogP contribution in [0.4, 0.5) is 0 Å². The van der Waals surface area contributed by atoms with E-state index < -0.39 is 5.91 Å². The third-order valence-electron chi connectivity index (χ3n) is 2.95. The Kier molecular flexibility index (Phi) is 6.67. The summed E-state index contributed by atoms with van der Waals surface area (Å²) in [4.78, 5) is 24.7. The fourth-order valence-corrected chi connectivity index (χ4v) is 1.99. The number of carbonyl (C=O) groups excluding carboxylic acids is 2. The van der Waals surface area contributed by atoms with E-state index in [9.17, 15) is 9.59 Å². The summed E-state index contributed by atoms with van der Waals surface area (Å²) in [6.45, 7) is 2.18. The Hall–Kier alpha value is -1.40. The number of benzene rings is 1. The molecule has 4 N–H and O–H groups in total. The van der Waals surface area contributed by atoms with E-state index in [1.807, 2.05) is 31.2 Å². The van der Waals surface area contributed by atoms with E-state index in [0.717, 1.165) is 10.0 Å². The van der Waals surface area contributed by atoms with Crippen LogP contribution in [0.15, 0.2) is 28.7 Å². The Morgan fingerprint density at radius 1 is 1.30 bits per heavy atom. The van der Waals surface area contributed by atoms with Gasteiger partial charge in [0.15, 0.2) is 0 Å². The van der Waals surface area contributed by atoms with Crippen molar-refractivity contribution in [3.8, 4) is 0 Å². The first-order chi connectivity index (χ1) is 9.42. The van der Waals surface area contributed by atoms with Crippen molar-refractivity contribution in [2.45, 2.75) is 32.4 Å². The van der Waals surface area contributed by atoms with Crippen molar-refractivity contribution in [3.05, 3.63) is 34.3 Å². The van der Waals surface area contributed by atoms with Gasteiger partial charge in [-0.15, -0.1) is 0 Å². The minimum Gasteiger partial charge on any atom is -0.368 e. The number of carbonyl (C=O) groups is 2. The van der Waals surface area contributed by atoms with Crippen molar-refractivity contribution in [3.63, 3.8) is 0 Å². The van der Waals surface area contributed by atoms with Gasteiger partial charge in [-0.3, -0.25) is 9.59 Å². The smallest absolute Gasteiger partial charge is 0.237 e. The molecule has 0 radical (unpaired) electrons. The second kappa shape index (κ2) is 8.01. The molecule has 0 heterocycles. The third kappa shape index (κ3) is 5.71. The summed E-state index contributed by atoms with van der Waals surface area (Å²) in [6, 6.07) is 7.37. The lowest BCUT2D eigenvalue weighted by atomic mass is 10.1. The Bertz CT molecular complexity index is 462. The number of hydrogen-bond donors (Lipinski definition) is 2. The van der Waals surface area contributed by atoms with Crippen LogP contribution in [0, 0.1) is 0 Å². The number of rotatable bonds is 7. The monoisotopic (exact) mass is 341 g/mol. The quantitative estimate of drug-likeness (QED) is 0.785. The number of nitrogens with two attached hydrogens (primary N) is 2. The molecule has 1 atom stereocenters. The molecule has 0 saturated carbocycles. The molecule has 0 bridgehead atoms. The average Bonchev–Trinajstić information content (AvgIpc) is 2.39. The second-order valence-corrected chi connectivity index (χ2v) is 5.63. The fourth-order valence-electron chi connectivity index (χ4n) is 1.73. The van der Waals surface area contributed by atoms with Gasteiger partial charge in [0.05, 0.1) is 6.54 Å². The molecule has 20 heavy (non-hydrogen) atoms. The van der Waals surface area contributed by atoms with Gasteiger partial charge < -0.3 is 16.4 Å². The number of halogens is 1. The van der Waals surface area contributed by atoms with Gasteiger partial charge in [-0.1, -0.05) is 35.0 Å². The maximum atomic E-state index is 12.1. The van der Waals surface area contributed by atoms with E-state index in [-0.39, 0.29) is 24.9 Å². The first-order valence-electron chi connectivity index (χ1n) is 6.48. The van der Waals surface area contributed by atoms with E-state index in [1.165, 1.54) is 4.90 Å². The van der Waals surface area contributed by atoms with Crippen molar-refractivity contribution in [2.24, 2.45) is 11.5 Å². The molecule has 0 spiro atoms. The molecule has 0 aliphatic heterocycles. The summed E-state index contributed by atoms with van der Waals surface area (Å²) in [7, 11) is 0. The van der Waals surface area contributed by atoms with Crippen molar-refractivity contribution in [2.75, 3.05) is 6.54 Å². The lowest BCUT2D eigenvalue weighted by Gasteiger charge is -2.22. The molecular weight excluding hydrogens is 322 g/mol. The molecule has 5 nitrogen and oxygen atoms in total. The highest BCUT2D eigenvalue weighted by Gasteiger charge is 2.18. The molecule has 110 valence electrons. The minimum atomic E-state index is -0.527. The van der Waals surface area contributed by atoms with E-state index >= 15 is 0 Å². The van der Waals surface area contributed by atoms with Gasteiger partial charge >= 0.3 is 0 Å². The molecule has 2 amide bonds. The van der Waals surface area contributed by atoms with Crippen LogP contribution in [0.2, 0.25) is 0 Å². The highest BCUT2D eigenvalue weighted by molar-refractivity contribution is 9.10. The van der Waals surface area contributed by atoms with E-state index in [4.69, 9.17) is 11.5 Å². The van der Waals surface area contributed by atoms with Crippen LogP contribution >= 0.6 is 15.9 Å². The first-order valence-corrected chi connectivity index (χ1v) is 7.27. The molecule has 0 aliphatic rings. The summed E-state index contributed by atoms with van der Waals surface area (Å²) in [5.74, 6) is -0.679. The van der Waals surface area contributed by atoms with Crippen molar-refractivity contribution in [1.29, 1.82) is 0 Å². The van der Waals surface area contributed by atoms with Gasteiger partial charge in [0, 0.05) is 23.5 Å². The van der Waals surface area contributed by atoms with Crippen LogP contribution in [-0.4, -0.2) is 29.3 Å². The van der Waals surface area contributed by atoms with Crippen LogP contribution < -0.4 is 11.5 Å². The molecule has 1 aromatic carbocycles. The molecular formula is C14H20BrN3O2. The van der Waals surface area contributed by atoms with Crippen molar-refractivity contribution < 1.29 is 9.59 Å². The summed E-state index contributed by atoms with van der Waals surface area (Å²) < 4.78 is 0.960. The van der Waals surface area contributed by atoms with E-state index in [2.05, 4.69) is 15.9 Å². The largest absolute Gasteiger partial charge is 0.368 e. The third-order valence-corrected chi connectivity index (χ3v) is 3.48. The van der Waals surface area contributed by atoms with Gasteiger partial charge in [-0.05, 0) is 24.1 Å². The van der Waals surface area contributed by atoms with Crippen LogP contribution in [-0.2, 0) is 16.1 Å². The number of amides is 2. The molecule has 6 heteroatoms. The summed E-state index contributed by atoms with van der Waals surface area (Å²) in [6.07, 6.45) is 0.939. The second-order valence-electron chi connectivity index (χ2n) is 4.72. The Morgan fingerprint density at radius 2 is 1.90 bits per heavy atom. The number of nitrogens with zero attached hydrogens (tertiary/aromatic N) is 1. The predicted octanol–water partition coefficient (Wildman–Crippen LogP) is 1.39. The number of primary amides is 1. The van der Waals surface area contributed by atoms with Gasteiger partial charge in [0.1, 0.15) is 0 Å². The standard InChI is InChI=1S/C14H20BrN3O2/c1-2-12(16)7-14(20)18(9-13(17)19)8-10-3-5-11(15)6-4-10/h3-6,12H,2,7-9,16H2,1H3,(H2,17,19). The van der Waals surface area contributed by atoms with Crippen molar-refractivity contribution in [1.82, 2.24) is 4.90 Å². The molecule has 0 aliphatic carbocycles. The zero-order valence-electron chi connectivity index (χ0n) is 11.5. The van der Waals surface area contributed by atoms with Crippen LogP contribution in [0.5, 0.6) is 0 Å². The van der Waals surface area contributed by atoms with E-state index in [1.54, 1.807) is 0 Å². The lowest BCUT2D eigenvalue weighted by Crippen LogP contribution is -2.40. The summed E-state index contributed by atoms with van der Waals surface area (Å²) >= 11 is 3.35. The average molecular weight is 342 g/mol. The topological polar surface area (TPSA) is 89.4 Å². The number of hydrogen-bond acceptors (Lipinski definition) is 3. The van der Waals surface area contributed by atoms with Gasteiger partial charge in [-0.25, -0.2) is 0 Å². The van der Waals surface area contributed by atoms with Crippen LogP contribution in [0.25, 0.3) is 0 Å². The zero-order chi connectivity index (χ0) is 15.1. The minimum absolute atomic E-state index is 0.0919.